The molecule has 2 nitrogen and oxygen atoms in total. The summed E-state index contributed by atoms with van der Waals surface area (Å²) >= 11 is 0. The highest BCUT2D eigenvalue weighted by Gasteiger charge is 2.17. The summed E-state index contributed by atoms with van der Waals surface area (Å²) in [5, 5.41) is 2.30. The Morgan fingerprint density at radius 1 is 0.719 bits per heavy atom. The van der Waals surface area contributed by atoms with Gasteiger partial charge in [0.2, 0.25) is 0 Å². The second kappa shape index (κ2) is 8.27. The molecule has 1 fully saturated rings. The quantitative estimate of drug-likeness (QED) is 0.293. The largest absolute Gasteiger partial charge is 0.455 e. The Bertz CT molecular complexity index is 1380. The highest BCUT2D eigenvalue weighted by atomic mass is 16.3. The van der Waals surface area contributed by atoms with Gasteiger partial charge in [0.25, 0.3) is 0 Å². The van der Waals surface area contributed by atoms with E-state index < -0.39 is 0 Å². The van der Waals surface area contributed by atoms with E-state index in [9.17, 15) is 0 Å². The van der Waals surface area contributed by atoms with Gasteiger partial charge in [0.15, 0.2) is 0 Å². The maximum absolute atomic E-state index is 6.57. The third-order valence-electron chi connectivity index (χ3n) is 6.96. The Morgan fingerprint density at radius 2 is 1.44 bits per heavy atom. The summed E-state index contributed by atoms with van der Waals surface area (Å²) < 4.78 is 6.57. The molecule has 1 saturated carbocycles. The third-order valence-corrected chi connectivity index (χ3v) is 6.96. The number of nitrogens with zero attached hydrogens (tertiary/aromatic N) is 1. The van der Waals surface area contributed by atoms with E-state index in [0.717, 1.165) is 51.1 Å². The molecule has 2 aromatic heterocycles. The number of para-hydroxylation sites is 2. The maximum Gasteiger partial charge on any atom is 0.144 e. The smallest absolute Gasteiger partial charge is 0.144 e. The van der Waals surface area contributed by atoms with E-state index in [4.69, 9.17) is 9.40 Å². The van der Waals surface area contributed by atoms with E-state index in [1.165, 1.54) is 43.2 Å². The lowest BCUT2D eigenvalue weighted by molar-refractivity contribution is 0.356. The second-order valence-electron chi connectivity index (χ2n) is 9.09. The van der Waals surface area contributed by atoms with Crippen molar-refractivity contribution >= 4 is 21.9 Å². The first kappa shape index (κ1) is 19.3. The zero-order valence-electron chi connectivity index (χ0n) is 18.3. The monoisotopic (exact) mass is 417 g/mol. The van der Waals surface area contributed by atoms with Crippen molar-refractivity contribution in [3.8, 4) is 22.4 Å². The highest BCUT2D eigenvalue weighted by molar-refractivity contribution is 6.12. The summed E-state index contributed by atoms with van der Waals surface area (Å²) in [6, 6.07) is 27.8. The van der Waals surface area contributed by atoms with E-state index in [1.807, 2.05) is 12.3 Å². The molecule has 0 N–H and O–H groups in total. The van der Waals surface area contributed by atoms with Crippen LogP contribution in [0.1, 0.15) is 37.7 Å². The minimum atomic E-state index is 0.814. The van der Waals surface area contributed by atoms with Gasteiger partial charge in [-0.25, -0.2) is 0 Å². The zero-order valence-corrected chi connectivity index (χ0v) is 18.3. The molecule has 0 atom stereocenters. The molecule has 32 heavy (non-hydrogen) atoms. The van der Waals surface area contributed by atoms with E-state index in [1.54, 1.807) is 0 Å². The normalized spacial score (nSPS) is 14.9. The molecule has 0 aliphatic heterocycles. The number of furan rings is 1. The summed E-state index contributed by atoms with van der Waals surface area (Å²) in [6.07, 6.45) is 10.00. The second-order valence-corrected chi connectivity index (χ2v) is 9.09. The number of benzene rings is 3. The van der Waals surface area contributed by atoms with Crippen molar-refractivity contribution in [2.24, 2.45) is 5.92 Å². The molecule has 5 aromatic rings. The molecule has 2 heteroatoms. The van der Waals surface area contributed by atoms with Crippen molar-refractivity contribution < 1.29 is 4.42 Å². The summed E-state index contributed by atoms with van der Waals surface area (Å²) in [5.41, 5.74) is 7.63. The molecule has 0 radical (unpaired) electrons. The van der Waals surface area contributed by atoms with Crippen LogP contribution in [-0.4, -0.2) is 4.98 Å². The van der Waals surface area contributed by atoms with Gasteiger partial charge in [-0.3, -0.25) is 4.98 Å². The molecule has 158 valence electrons. The summed E-state index contributed by atoms with van der Waals surface area (Å²) in [6.45, 7) is 0. The molecule has 3 aromatic carbocycles. The van der Waals surface area contributed by atoms with Gasteiger partial charge >= 0.3 is 0 Å². The Labute approximate surface area is 188 Å². The van der Waals surface area contributed by atoms with Gasteiger partial charge < -0.3 is 4.42 Å². The minimum absolute atomic E-state index is 0.814. The number of pyridine rings is 1. The highest BCUT2D eigenvalue weighted by Crippen LogP contribution is 2.39. The molecule has 0 amide bonds. The maximum atomic E-state index is 6.57. The molecule has 0 spiro atoms. The van der Waals surface area contributed by atoms with Crippen LogP contribution in [0.2, 0.25) is 0 Å². The summed E-state index contributed by atoms with van der Waals surface area (Å²) in [5.74, 6) is 0.814. The third kappa shape index (κ3) is 3.50. The van der Waals surface area contributed by atoms with Gasteiger partial charge in [0, 0.05) is 28.1 Å². The molecule has 6 rings (SSSR count). The van der Waals surface area contributed by atoms with Crippen LogP contribution >= 0.6 is 0 Å². The molecule has 0 saturated heterocycles. The number of aromatic nitrogens is 1. The fourth-order valence-corrected chi connectivity index (χ4v) is 5.34. The van der Waals surface area contributed by atoms with Crippen molar-refractivity contribution in [3.05, 3.63) is 90.6 Å². The van der Waals surface area contributed by atoms with Crippen LogP contribution in [0.4, 0.5) is 0 Å². The van der Waals surface area contributed by atoms with E-state index >= 15 is 0 Å². The van der Waals surface area contributed by atoms with Crippen LogP contribution in [0, 0.1) is 5.92 Å². The number of hydrogen-bond donors (Lipinski definition) is 0. The van der Waals surface area contributed by atoms with Crippen LogP contribution in [0.5, 0.6) is 0 Å². The Kier molecular flexibility index (Phi) is 4.99. The zero-order chi connectivity index (χ0) is 21.3. The first-order valence-corrected chi connectivity index (χ1v) is 11.8. The van der Waals surface area contributed by atoms with Gasteiger partial charge in [-0.15, -0.1) is 0 Å². The number of fused-ring (bicyclic) bond motifs is 3. The SMILES string of the molecule is c1ccc(-c2cccc3c2oc2c(-c4cc(CC5CCCCC5)ccn4)cccc23)cc1. The van der Waals surface area contributed by atoms with Crippen LogP contribution in [-0.2, 0) is 6.42 Å². The lowest BCUT2D eigenvalue weighted by atomic mass is 9.85. The van der Waals surface area contributed by atoms with Gasteiger partial charge in [-0.2, -0.15) is 0 Å². The molecule has 1 aliphatic rings. The molecule has 0 unspecified atom stereocenters. The number of rotatable bonds is 4. The van der Waals surface area contributed by atoms with Crippen LogP contribution in [0.3, 0.4) is 0 Å². The lowest BCUT2D eigenvalue weighted by Gasteiger charge is -2.21. The van der Waals surface area contributed by atoms with Gasteiger partial charge in [0.1, 0.15) is 11.2 Å². The standard InChI is InChI=1S/C30H27NO/c1-3-9-21(10-4-1)19-22-17-18-31-28(20-22)27-16-8-15-26-25-14-7-13-24(29(25)32-30(26)27)23-11-5-2-6-12-23/h2,5-8,11-18,20-21H,1,3-4,9-10,19H2. The molecule has 2 heterocycles. The first-order chi connectivity index (χ1) is 15.9. The number of hydrogen-bond acceptors (Lipinski definition) is 2. The predicted octanol–water partition coefficient (Wildman–Crippen LogP) is 8.44. The predicted molar refractivity (Wildman–Crippen MR) is 133 cm³/mol. The fraction of sp³-hybridized carbons (Fsp3) is 0.233. The van der Waals surface area contributed by atoms with Crippen molar-refractivity contribution in [2.45, 2.75) is 38.5 Å². The molecule has 0 bridgehead atoms. The van der Waals surface area contributed by atoms with Gasteiger partial charge in [-0.1, -0.05) is 92.8 Å². The van der Waals surface area contributed by atoms with Crippen LogP contribution in [0.15, 0.2) is 89.5 Å². The average molecular weight is 418 g/mol. The van der Waals surface area contributed by atoms with Crippen molar-refractivity contribution in [1.29, 1.82) is 0 Å². The topological polar surface area (TPSA) is 26.0 Å². The van der Waals surface area contributed by atoms with Crippen LogP contribution in [0.25, 0.3) is 44.3 Å². The van der Waals surface area contributed by atoms with Gasteiger partial charge in [-0.05, 0) is 41.7 Å². The minimum Gasteiger partial charge on any atom is -0.455 e. The summed E-state index contributed by atoms with van der Waals surface area (Å²) in [7, 11) is 0. The summed E-state index contributed by atoms with van der Waals surface area (Å²) in [4.78, 5) is 4.74. The van der Waals surface area contributed by atoms with Crippen LogP contribution < -0.4 is 0 Å². The Balaban J connectivity index is 1.46. The van der Waals surface area contributed by atoms with E-state index in [2.05, 4.69) is 72.8 Å². The molecule has 1 aliphatic carbocycles. The van der Waals surface area contributed by atoms with Crippen molar-refractivity contribution in [1.82, 2.24) is 4.98 Å². The first-order valence-electron chi connectivity index (χ1n) is 11.8. The van der Waals surface area contributed by atoms with E-state index in [0.29, 0.717) is 0 Å². The Hall–Kier alpha value is -3.39. The van der Waals surface area contributed by atoms with Crippen molar-refractivity contribution in [2.75, 3.05) is 0 Å². The van der Waals surface area contributed by atoms with E-state index in [-0.39, 0.29) is 0 Å². The average Bonchev–Trinajstić information content (AvgIpc) is 3.24. The molecular formula is C30H27NO. The fourth-order valence-electron chi connectivity index (χ4n) is 5.34. The molecular weight excluding hydrogens is 390 g/mol. The van der Waals surface area contributed by atoms with Gasteiger partial charge in [0.05, 0.1) is 5.69 Å². The lowest BCUT2D eigenvalue weighted by Crippen LogP contribution is -2.09. The Morgan fingerprint density at radius 3 is 2.22 bits per heavy atom. The van der Waals surface area contributed by atoms with Crippen molar-refractivity contribution in [3.63, 3.8) is 0 Å².